The lowest BCUT2D eigenvalue weighted by Gasteiger charge is -1.99. The Kier molecular flexibility index (Phi) is 13.0. The maximum atomic E-state index is 8.60. The third-order valence-electron chi connectivity index (χ3n) is 1.00. The molecular weight excluding hydrogens is 160 g/mol. The third kappa shape index (κ3) is 22.5. The van der Waals surface area contributed by atoms with Gasteiger partial charge in [0.15, 0.2) is 0 Å². The first-order valence-corrected chi connectivity index (χ1v) is 4.00. The Bertz CT molecular complexity index is 73.5. The highest BCUT2D eigenvalue weighted by molar-refractivity contribution is 4.42. The molecule has 4 heteroatoms. The number of methoxy groups -OCH3 is 1. The summed E-state index contributed by atoms with van der Waals surface area (Å²) < 4.78 is 4.69. The van der Waals surface area contributed by atoms with E-state index in [0.29, 0.717) is 6.61 Å². The lowest BCUT2D eigenvalue weighted by molar-refractivity contribution is 0.110. The number of hydrogen-bond acceptors (Lipinski definition) is 4. The highest BCUT2D eigenvalue weighted by Crippen LogP contribution is 1.86. The quantitative estimate of drug-likeness (QED) is 0.558. The molecule has 0 rings (SSSR count). The van der Waals surface area contributed by atoms with Gasteiger partial charge in [0.2, 0.25) is 0 Å². The Morgan fingerprint density at radius 2 is 1.58 bits per heavy atom. The first-order valence-electron chi connectivity index (χ1n) is 4.00. The number of aliphatic hydroxyl groups excluding tert-OH is 3. The molecule has 12 heavy (non-hydrogen) atoms. The third-order valence-corrected chi connectivity index (χ3v) is 1.00. The van der Waals surface area contributed by atoms with Gasteiger partial charge in [-0.3, -0.25) is 0 Å². The normalized spacial score (nSPS) is 14.5. The molecule has 0 fully saturated rings. The lowest BCUT2D eigenvalue weighted by Crippen LogP contribution is -2.03. The first-order chi connectivity index (χ1) is 5.54. The van der Waals surface area contributed by atoms with Crippen molar-refractivity contribution in [2.45, 2.75) is 32.5 Å². The van der Waals surface area contributed by atoms with Crippen molar-refractivity contribution in [1.29, 1.82) is 0 Å². The SMILES string of the molecule is CC(O)CO.COCCC(C)O. The minimum atomic E-state index is -0.560. The molecule has 0 saturated heterocycles. The van der Waals surface area contributed by atoms with Gasteiger partial charge in [-0.1, -0.05) is 0 Å². The standard InChI is InChI=1S/C5H12O2.C3H8O2/c1-5(6)3-4-7-2;1-3(5)2-4/h5-6H,3-4H2,1-2H3;3-5H,2H2,1H3. The van der Waals surface area contributed by atoms with Crippen molar-refractivity contribution >= 4 is 0 Å². The average molecular weight is 180 g/mol. The van der Waals surface area contributed by atoms with Gasteiger partial charge >= 0.3 is 0 Å². The summed E-state index contributed by atoms with van der Waals surface area (Å²) in [5.41, 5.74) is 0. The van der Waals surface area contributed by atoms with Crippen LogP contribution in [-0.4, -0.2) is 47.9 Å². The van der Waals surface area contributed by atoms with E-state index >= 15 is 0 Å². The fourth-order valence-corrected chi connectivity index (χ4v) is 0.288. The molecule has 0 bridgehead atoms. The monoisotopic (exact) mass is 180 g/mol. The molecule has 0 aromatic rings. The Morgan fingerprint density at radius 1 is 1.17 bits per heavy atom. The minimum Gasteiger partial charge on any atom is -0.394 e. The molecule has 0 aliphatic carbocycles. The van der Waals surface area contributed by atoms with E-state index in [0.717, 1.165) is 6.42 Å². The van der Waals surface area contributed by atoms with E-state index in [1.807, 2.05) is 0 Å². The van der Waals surface area contributed by atoms with Gasteiger partial charge in [0.1, 0.15) is 0 Å². The van der Waals surface area contributed by atoms with Gasteiger partial charge in [0.25, 0.3) is 0 Å². The van der Waals surface area contributed by atoms with E-state index in [2.05, 4.69) is 0 Å². The van der Waals surface area contributed by atoms with Crippen LogP contribution in [0.2, 0.25) is 0 Å². The van der Waals surface area contributed by atoms with Crippen LogP contribution in [0.25, 0.3) is 0 Å². The molecule has 0 spiro atoms. The Hall–Kier alpha value is -0.160. The number of rotatable bonds is 4. The molecule has 0 aromatic heterocycles. The van der Waals surface area contributed by atoms with Crippen LogP contribution >= 0.6 is 0 Å². The summed E-state index contributed by atoms with van der Waals surface area (Å²) in [5, 5.41) is 24.6. The van der Waals surface area contributed by atoms with Crippen molar-refractivity contribution in [1.82, 2.24) is 0 Å². The second kappa shape index (κ2) is 10.8. The molecule has 0 aliphatic rings. The fourth-order valence-electron chi connectivity index (χ4n) is 0.288. The van der Waals surface area contributed by atoms with Crippen molar-refractivity contribution < 1.29 is 20.1 Å². The van der Waals surface area contributed by atoms with Crippen LogP contribution in [-0.2, 0) is 4.74 Å². The maximum absolute atomic E-state index is 8.60. The summed E-state index contributed by atoms with van der Waals surface area (Å²) in [6.45, 7) is 3.79. The van der Waals surface area contributed by atoms with E-state index in [-0.39, 0.29) is 12.7 Å². The van der Waals surface area contributed by atoms with Gasteiger partial charge < -0.3 is 20.1 Å². The molecule has 0 saturated carbocycles. The number of ether oxygens (including phenoxy) is 1. The predicted molar refractivity (Wildman–Crippen MR) is 46.9 cm³/mol. The van der Waals surface area contributed by atoms with Gasteiger partial charge in [-0.25, -0.2) is 0 Å². The van der Waals surface area contributed by atoms with Gasteiger partial charge in [0.05, 0.1) is 18.8 Å². The molecule has 0 aliphatic heterocycles. The average Bonchev–Trinajstić information content (AvgIpc) is 2.02. The Labute approximate surface area is 73.8 Å². The molecule has 76 valence electrons. The smallest absolute Gasteiger partial charge is 0.0742 e. The molecule has 2 unspecified atom stereocenters. The Morgan fingerprint density at radius 3 is 1.67 bits per heavy atom. The molecular formula is C8H20O4. The van der Waals surface area contributed by atoms with Gasteiger partial charge in [-0.15, -0.1) is 0 Å². The van der Waals surface area contributed by atoms with E-state index < -0.39 is 6.10 Å². The van der Waals surface area contributed by atoms with Crippen LogP contribution in [0.1, 0.15) is 20.3 Å². The highest BCUT2D eigenvalue weighted by Gasteiger charge is 1.90. The summed E-state index contributed by atoms with van der Waals surface area (Å²) in [7, 11) is 1.63. The minimum absolute atomic E-state index is 0.139. The Balaban J connectivity index is 0. The molecule has 3 N–H and O–H groups in total. The fraction of sp³-hybridized carbons (Fsp3) is 1.00. The zero-order valence-electron chi connectivity index (χ0n) is 8.03. The van der Waals surface area contributed by atoms with Crippen LogP contribution in [0.15, 0.2) is 0 Å². The van der Waals surface area contributed by atoms with Crippen molar-refractivity contribution in [3.05, 3.63) is 0 Å². The molecule has 4 nitrogen and oxygen atoms in total. The summed E-state index contributed by atoms with van der Waals surface area (Å²) in [6.07, 6.45) is -0.0498. The van der Waals surface area contributed by atoms with Crippen LogP contribution in [0, 0.1) is 0 Å². The zero-order chi connectivity index (χ0) is 9.98. The van der Waals surface area contributed by atoms with E-state index in [1.54, 1.807) is 14.0 Å². The second-order valence-electron chi connectivity index (χ2n) is 2.66. The highest BCUT2D eigenvalue weighted by atomic mass is 16.5. The van der Waals surface area contributed by atoms with Gasteiger partial charge in [0, 0.05) is 13.7 Å². The molecule has 2 atom stereocenters. The van der Waals surface area contributed by atoms with E-state index in [4.69, 9.17) is 20.1 Å². The van der Waals surface area contributed by atoms with Crippen molar-refractivity contribution in [2.24, 2.45) is 0 Å². The second-order valence-corrected chi connectivity index (χ2v) is 2.66. The van der Waals surface area contributed by atoms with Gasteiger partial charge in [-0.2, -0.15) is 0 Å². The van der Waals surface area contributed by atoms with E-state index in [9.17, 15) is 0 Å². The largest absolute Gasteiger partial charge is 0.394 e. The van der Waals surface area contributed by atoms with Crippen molar-refractivity contribution in [3.8, 4) is 0 Å². The van der Waals surface area contributed by atoms with Crippen LogP contribution in [0.3, 0.4) is 0 Å². The number of aliphatic hydroxyl groups is 3. The van der Waals surface area contributed by atoms with Crippen LogP contribution < -0.4 is 0 Å². The molecule has 0 heterocycles. The zero-order valence-corrected chi connectivity index (χ0v) is 8.03. The van der Waals surface area contributed by atoms with Crippen molar-refractivity contribution in [2.75, 3.05) is 20.3 Å². The summed E-state index contributed by atoms with van der Waals surface area (Å²) in [5.74, 6) is 0. The van der Waals surface area contributed by atoms with Crippen molar-refractivity contribution in [3.63, 3.8) is 0 Å². The summed E-state index contributed by atoms with van der Waals surface area (Å²) in [6, 6.07) is 0. The maximum Gasteiger partial charge on any atom is 0.0742 e. The first kappa shape index (κ1) is 14.4. The molecule has 0 amide bonds. The number of hydrogen-bond donors (Lipinski definition) is 3. The summed E-state index contributed by atoms with van der Waals surface area (Å²) in [4.78, 5) is 0. The van der Waals surface area contributed by atoms with E-state index in [1.165, 1.54) is 6.92 Å². The van der Waals surface area contributed by atoms with Crippen LogP contribution in [0.5, 0.6) is 0 Å². The lowest BCUT2D eigenvalue weighted by atomic mass is 10.3. The van der Waals surface area contributed by atoms with Gasteiger partial charge in [-0.05, 0) is 20.3 Å². The topological polar surface area (TPSA) is 69.9 Å². The van der Waals surface area contributed by atoms with Crippen LogP contribution in [0.4, 0.5) is 0 Å². The summed E-state index contributed by atoms with van der Waals surface area (Å²) >= 11 is 0. The molecule has 0 radical (unpaired) electrons. The molecule has 0 aromatic carbocycles. The predicted octanol–water partition coefficient (Wildman–Crippen LogP) is -0.237.